The minimum absolute atomic E-state index is 0.00378. The van der Waals surface area contributed by atoms with Gasteiger partial charge in [0.1, 0.15) is 23.7 Å². The van der Waals surface area contributed by atoms with Crippen molar-refractivity contribution in [3.8, 4) is 5.75 Å². The van der Waals surface area contributed by atoms with Crippen molar-refractivity contribution in [2.75, 3.05) is 26.4 Å². The Morgan fingerprint density at radius 2 is 1.97 bits per heavy atom. The second-order valence-electron chi connectivity index (χ2n) is 9.92. The van der Waals surface area contributed by atoms with E-state index in [1.807, 2.05) is 54.2 Å². The van der Waals surface area contributed by atoms with Gasteiger partial charge in [0.15, 0.2) is 5.78 Å². The number of nitrogens with zero attached hydrogens (tertiary/aromatic N) is 5. The molecule has 6 rings (SSSR count). The molecule has 0 saturated heterocycles. The van der Waals surface area contributed by atoms with E-state index in [9.17, 15) is 4.79 Å². The number of imidazole rings is 1. The molecule has 1 N–H and O–H groups in total. The Labute approximate surface area is 226 Å². The zero-order valence-electron chi connectivity index (χ0n) is 21.9. The number of Topliss-reactive ketones (excluding diaryl/α,β-unsaturated/α-hetero) is 1. The van der Waals surface area contributed by atoms with Crippen LogP contribution < -0.4 is 4.74 Å². The van der Waals surface area contributed by atoms with Crippen LogP contribution in [0.1, 0.15) is 51.9 Å². The van der Waals surface area contributed by atoms with Gasteiger partial charge in [-0.15, -0.1) is 0 Å². The van der Waals surface area contributed by atoms with Crippen molar-refractivity contribution in [3.63, 3.8) is 0 Å². The summed E-state index contributed by atoms with van der Waals surface area (Å²) in [5.41, 5.74) is 6.23. The number of ether oxygens (including phenoxy) is 2. The third-order valence-corrected chi connectivity index (χ3v) is 6.97. The molecule has 0 atom stereocenters. The molecule has 1 aromatic carbocycles. The van der Waals surface area contributed by atoms with E-state index in [2.05, 4.69) is 16.0 Å². The van der Waals surface area contributed by atoms with E-state index in [0.29, 0.717) is 42.8 Å². The number of aliphatic hydroxyl groups is 1. The molecule has 9 nitrogen and oxygen atoms in total. The highest BCUT2D eigenvalue weighted by Crippen LogP contribution is 2.43. The van der Waals surface area contributed by atoms with Crippen LogP contribution in [0.3, 0.4) is 0 Å². The van der Waals surface area contributed by atoms with Gasteiger partial charge in [-0.05, 0) is 49.6 Å². The normalized spacial score (nSPS) is 13.4. The summed E-state index contributed by atoms with van der Waals surface area (Å²) in [5, 5.41) is 14.9. The number of fused-ring (bicyclic) bond motifs is 2. The zero-order chi connectivity index (χ0) is 26.8. The SMILES string of the molecule is Cc1cccc(Cn2nc(C3CC3)c3c(CC(=O)c4cnc5cc(OCCOCCO)ccn45)cccc32)n1. The summed E-state index contributed by atoms with van der Waals surface area (Å²) in [6.45, 7) is 3.61. The Hall–Kier alpha value is -4.08. The van der Waals surface area contributed by atoms with Gasteiger partial charge in [0.25, 0.3) is 0 Å². The second kappa shape index (κ2) is 11.0. The molecule has 0 amide bonds. The van der Waals surface area contributed by atoms with Crippen molar-refractivity contribution in [1.29, 1.82) is 0 Å². The number of pyridine rings is 2. The maximum absolute atomic E-state index is 13.6. The first kappa shape index (κ1) is 25.2. The van der Waals surface area contributed by atoms with Crippen LogP contribution in [0, 0.1) is 6.92 Å². The average Bonchev–Trinajstić information content (AvgIpc) is 3.59. The summed E-state index contributed by atoms with van der Waals surface area (Å²) < 4.78 is 14.8. The van der Waals surface area contributed by atoms with Gasteiger partial charge < -0.3 is 14.6 Å². The van der Waals surface area contributed by atoms with E-state index in [1.54, 1.807) is 16.7 Å². The van der Waals surface area contributed by atoms with E-state index in [-0.39, 0.29) is 25.4 Å². The lowest BCUT2D eigenvalue weighted by Crippen LogP contribution is -2.10. The molecule has 1 saturated carbocycles. The molecule has 4 aromatic heterocycles. The number of carbonyl (C=O) groups is 1. The van der Waals surface area contributed by atoms with E-state index in [1.165, 1.54) is 0 Å². The standard InChI is InChI=1S/C30H31N5O4/c1-20-4-2-6-23(32-20)19-35-25-7-3-5-22(29(25)30(33-35)21-8-9-21)16-27(37)26-18-31-28-17-24(10-11-34(26)28)39-15-14-38-13-12-36/h2-7,10-11,17-18,21,36H,8-9,12-16,19H2,1H3. The Morgan fingerprint density at radius 1 is 1.10 bits per heavy atom. The Balaban J connectivity index is 1.25. The third kappa shape index (κ3) is 5.41. The first-order valence-corrected chi connectivity index (χ1v) is 13.3. The quantitative estimate of drug-likeness (QED) is 0.193. The highest BCUT2D eigenvalue weighted by Gasteiger charge is 2.30. The van der Waals surface area contributed by atoms with Gasteiger partial charge in [-0.25, -0.2) is 4.98 Å². The summed E-state index contributed by atoms with van der Waals surface area (Å²) in [5.74, 6) is 1.09. The highest BCUT2D eigenvalue weighted by molar-refractivity contribution is 5.99. The summed E-state index contributed by atoms with van der Waals surface area (Å²) in [4.78, 5) is 22.7. The van der Waals surface area contributed by atoms with Crippen LogP contribution in [0.25, 0.3) is 16.6 Å². The molecule has 4 heterocycles. The van der Waals surface area contributed by atoms with Crippen LogP contribution >= 0.6 is 0 Å². The predicted octanol–water partition coefficient (Wildman–Crippen LogP) is 4.13. The first-order chi connectivity index (χ1) is 19.1. The topological polar surface area (TPSA) is 104 Å². The number of hydrogen-bond donors (Lipinski definition) is 1. The van der Waals surface area contributed by atoms with E-state index in [0.717, 1.165) is 46.4 Å². The van der Waals surface area contributed by atoms with Gasteiger partial charge in [0, 0.05) is 35.7 Å². The minimum atomic E-state index is -0.0134. The Bertz CT molecular complexity index is 1640. The summed E-state index contributed by atoms with van der Waals surface area (Å²) >= 11 is 0. The van der Waals surface area contributed by atoms with Crippen LogP contribution in [0.4, 0.5) is 0 Å². The molecule has 39 heavy (non-hydrogen) atoms. The lowest BCUT2D eigenvalue weighted by Gasteiger charge is -2.08. The number of rotatable bonds is 12. The second-order valence-corrected chi connectivity index (χ2v) is 9.92. The molecule has 1 aliphatic carbocycles. The summed E-state index contributed by atoms with van der Waals surface area (Å²) in [6.07, 6.45) is 5.95. The van der Waals surface area contributed by atoms with E-state index in [4.69, 9.17) is 19.7 Å². The van der Waals surface area contributed by atoms with Crippen LogP contribution in [-0.2, 0) is 17.7 Å². The van der Waals surface area contributed by atoms with Crippen molar-refractivity contribution in [2.24, 2.45) is 0 Å². The Morgan fingerprint density at radius 3 is 2.79 bits per heavy atom. The highest BCUT2D eigenvalue weighted by atomic mass is 16.5. The Kier molecular flexibility index (Phi) is 7.08. The smallest absolute Gasteiger partial charge is 0.185 e. The van der Waals surface area contributed by atoms with E-state index < -0.39 is 0 Å². The number of ketones is 1. The largest absolute Gasteiger partial charge is 0.491 e. The zero-order valence-corrected chi connectivity index (χ0v) is 21.9. The van der Waals surface area contributed by atoms with Crippen molar-refractivity contribution < 1.29 is 19.4 Å². The van der Waals surface area contributed by atoms with Crippen LogP contribution in [0.5, 0.6) is 5.75 Å². The van der Waals surface area contributed by atoms with Gasteiger partial charge in [-0.2, -0.15) is 5.10 Å². The van der Waals surface area contributed by atoms with Crippen LogP contribution in [0.2, 0.25) is 0 Å². The van der Waals surface area contributed by atoms with Crippen LogP contribution in [-0.4, -0.2) is 61.5 Å². The minimum Gasteiger partial charge on any atom is -0.491 e. The molecular weight excluding hydrogens is 494 g/mol. The molecule has 0 spiro atoms. The third-order valence-electron chi connectivity index (χ3n) is 6.97. The number of aromatic nitrogens is 5. The summed E-state index contributed by atoms with van der Waals surface area (Å²) in [6, 6.07) is 15.8. The van der Waals surface area contributed by atoms with Crippen molar-refractivity contribution >= 4 is 22.3 Å². The fourth-order valence-electron chi connectivity index (χ4n) is 4.99. The molecule has 0 radical (unpaired) electrons. The fraction of sp³-hybridized carbons (Fsp3) is 0.333. The lowest BCUT2D eigenvalue weighted by atomic mass is 10.00. The maximum Gasteiger partial charge on any atom is 0.185 e. The molecule has 1 fully saturated rings. The summed E-state index contributed by atoms with van der Waals surface area (Å²) in [7, 11) is 0. The van der Waals surface area contributed by atoms with Gasteiger partial charge >= 0.3 is 0 Å². The number of hydrogen-bond acceptors (Lipinski definition) is 7. The van der Waals surface area contributed by atoms with Gasteiger partial charge in [-0.1, -0.05) is 18.2 Å². The predicted molar refractivity (Wildman–Crippen MR) is 146 cm³/mol. The number of carbonyl (C=O) groups excluding carboxylic acids is 1. The van der Waals surface area contributed by atoms with Gasteiger partial charge in [0.05, 0.1) is 49.5 Å². The maximum atomic E-state index is 13.6. The number of aliphatic hydroxyl groups excluding tert-OH is 1. The van der Waals surface area contributed by atoms with Gasteiger partial charge in [-0.3, -0.25) is 18.9 Å². The molecule has 0 aliphatic heterocycles. The molecule has 200 valence electrons. The lowest BCUT2D eigenvalue weighted by molar-refractivity contribution is 0.0705. The molecular formula is C30H31N5O4. The van der Waals surface area contributed by atoms with Crippen molar-refractivity contribution in [2.45, 2.75) is 38.6 Å². The molecule has 1 aliphatic rings. The van der Waals surface area contributed by atoms with Crippen molar-refractivity contribution in [3.05, 3.63) is 89.3 Å². The molecule has 0 unspecified atom stereocenters. The average molecular weight is 526 g/mol. The molecule has 0 bridgehead atoms. The first-order valence-electron chi connectivity index (χ1n) is 13.3. The van der Waals surface area contributed by atoms with E-state index >= 15 is 0 Å². The number of benzene rings is 1. The van der Waals surface area contributed by atoms with Crippen molar-refractivity contribution in [1.82, 2.24) is 24.1 Å². The molecule has 5 aromatic rings. The monoisotopic (exact) mass is 525 g/mol. The van der Waals surface area contributed by atoms with Crippen LogP contribution in [0.15, 0.2) is 60.9 Å². The van der Waals surface area contributed by atoms with Gasteiger partial charge in [0.2, 0.25) is 0 Å². The number of aryl methyl sites for hydroxylation is 1. The fourth-order valence-corrected chi connectivity index (χ4v) is 4.99. The molecule has 9 heteroatoms.